The van der Waals surface area contributed by atoms with E-state index in [-0.39, 0.29) is 29.7 Å². The number of rotatable bonds is 6. The van der Waals surface area contributed by atoms with Crippen LogP contribution in [0.15, 0.2) is 230 Å². The minimum atomic E-state index is -0.391. The first-order valence-electron chi connectivity index (χ1n) is 23.7. The second-order valence-corrected chi connectivity index (χ2v) is 17.2. The van der Waals surface area contributed by atoms with E-state index in [1.165, 1.54) is 33.0 Å². The Bertz CT molecular complexity index is 4180. The van der Waals surface area contributed by atoms with Gasteiger partial charge < -0.3 is 9.13 Å². The first-order chi connectivity index (χ1) is 33.3. The number of para-hydroxylation sites is 2. The molecule has 13 aromatic rings. The molecule has 0 aliphatic carbocycles. The maximum absolute atomic E-state index is 8.75. The highest BCUT2D eigenvalue weighted by molar-refractivity contribution is 7.26. The number of aromatic nitrogens is 2. The Balaban J connectivity index is 0.943. The first-order valence-corrected chi connectivity index (χ1v) is 22.0. The molecule has 0 bridgehead atoms. The van der Waals surface area contributed by atoms with E-state index in [0.717, 1.165) is 75.5 Å². The fraction of sp³-hybridized carbons (Fsp3) is 0. The van der Waals surface area contributed by atoms with Gasteiger partial charge in [-0.05, 0) is 106 Å². The van der Waals surface area contributed by atoms with Gasteiger partial charge in [-0.2, -0.15) is 0 Å². The molecular weight excluding hydrogens is 781 g/mol. The van der Waals surface area contributed by atoms with Crippen LogP contribution in [0.2, 0.25) is 0 Å². The minimum Gasteiger partial charge on any atom is -0.309 e. The topological polar surface area (TPSA) is 9.86 Å². The number of fused-ring (bicyclic) bond motifs is 9. The van der Waals surface area contributed by atoms with Gasteiger partial charge in [0.05, 0.1) is 34.6 Å². The first kappa shape index (κ1) is 31.0. The summed E-state index contributed by atoms with van der Waals surface area (Å²) in [4.78, 5) is 0. The van der Waals surface area contributed by atoms with Crippen LogP contribution >= 0.6 is 11.3 Å². The molecule has 10 aromatic carbocycles. The van der Waals surface area contributed by atoms with Crippen molar-refractivity contribution in [1.29, 1.82) is 0 Å². The van der Waals surface area contributed by atoms with E-state index in [1.54, 1.807) is 11.3 Å². The van der Waals surface area contributed by atoms with Gasteiger partial charge >= 0.3 is 0 Å². The van der Waals surface area contributed by atoms with E-state index >= 15 is 0 Å². The molecule has 3 aromatic heterocycles. The Morgan fingerprint density at radius 3 is 1.63 bits per heavy atom. The predicted octanol–water partition coefficient (Wildman–Crippen LogP) is 16.9. The van der Waals surface area contributed by atoms with E-state index in [9.17, 15) is 0 Å². The molecular formula is C60H38N2S. The smallest absolute Gasteiger partial charge is 0.0629 e. The lowest BCUT2D eigenvalue weighted by Gasteiger charge is -2.16. The highest BCUT2D eigenvalue weighted by Gasteiger charge is 2.19. The second-order valence-electron chi connectivity index (χ2n) is 16.1. The molecule has 0 spiro atoms. The van der Waals surface area contributed by atoms with Gasteiger partial charge in [-0.25, -0.2) is 0 Å². The average Bonchev–Trinajstić information content (AvgIpc) is 4.05. The fourth-order valence-corrected chi connectivity index (χ4v) is 10.9. The molecule has 0 unspecified atom stereocenters. The molecule has 0 saturated heterocycles. The van der Waals surface area contributed by atoms with Crippen LogP contribution in [0, 0.1) is 0 Å². The van der Waals surface area contributed by atoms with Crippen molar-refractivity contribution in [1.82, 2.24) is 9.13 Å². The number of thiophene rings is 1. The Kier molecular flexibility index (Phi) is 7.03. The van der Waals surface area contributed by atoms with Crippen LogP contribution in [0.3, 0.4) is 0 Å². The molecule has 0 N–H and O–H groups in total. The van der Waals surface area contributed by atoms with E-state index in [4.69, 9.17) is 6.85 Å². The van der Waals surface area contributed by atoms with Crippen molar-refractivity contribution >= 4 is 75.1 Å². The third-order valence-corrected chi connectivity index (χ3v) is 13.7. The maximum Gasteiger partial charge on any atom is 0.0629 e. The Morgan fingerprint density at radius 1 is 0.333 bits per heavy atom. The number of hydrogen-bond donors (Lipinski definition) is 0. The van der Waals surface area contributed by atoms with Crippen LogP contribution in [-0.2, 0) is 0 Å². The van der Waals surface area contributed by atoms with Crippen LogP contribution in [0.25, 0.3) is 120 Å². The Morgan fingerprint density at radius 2 is 0.921 bits per heavy atom. The van der Waals surface area contributed by atoms with Crippen LogP contribution < -0.4 is 0 Å². The van der Waals surface area contributed by atoms with Crippen LogP contribution in [0.5, 0.6) is 0 Å². The molecule has 13 rings (SSSR count). The lowest BCUT2D eigenvalue weighted by molar-refractivity contribution is 1.18. The molecule has 3 heterocycles. The second kappa shape index (κ2) is 14.3. The highest BCUT2D eigenvalue weighted by atomic mass is 32.1. The lowest BCUT2D eigenvalue weighted by atomic mass is 9.97. The van der Waals surface area contributed by atoms with E-state index < -0.39 is 6.04 Å². The zero-order valence-electron chi connectivity index (χ0n) is 38.9. The summed E-state index contributed by atoms with van der Waals surface area (Å²) < 4.78 is 49.2. The van der Waals surface area contributed by atoms with Gasteiger partial charge in [0.2, 0.25) is 0 Å². The molecule has 63 heavy (non-hydrogen) atoms. The third-order valence-electron chi connectivity index (χ3n) is 12.6. The highest BCUT2D eigenvalue weighted by Crippen LogP contribution is 2.44. The van der Waals surface area contributed by atoms with Crippen molar-refractivity contribution in [3.8, 4) is 55.9 Å². The number of nitrogens with zero attached hydrogens (tertiary/aromatic N) is 2. The van der Waals surface area contributed by atoms with E-state index in [2.05, 4.69) is 191 Å². The quantitative estimate of drug-likeness (QED) is 0.158. The van der Waals surface area contributed by atoms with Crippen molar-refractivity contribution in [3.63, 3.8) is 0 Å². The maximum atomic E-state index is 8.75. The predicted molar refractivity (Wildman–Crippen MR) is 270 cm³/mol. The van der Waals surface area contributed by atoms with Gasteiger partial charge in [-0.3, -0.25) is 0 Å². The summed E-state index contributed by atoms with van der Waals surface area (Å²) in [5.74, 6) is 0. The van der Waals surface area contributed by atoms with Crippen LogP contribution in [-0.4, -0.2) is 9.13 Å². The summed E-state index contributed by atoms with van der Waals surface area (Å²) in [6, 6.07) is 69.9. The van der Waals surface area contributed by atoms with Gasteiger partial charge in [0.25, 0.3) is 0 Å². The number of hydrogen-bond acceptors (Lipinski definition) is 1. The lowest BCUT2D eigenvalue weighted by Crippen LogP contribution is -1.98. The van der Waals surface area contributed by atoms with Gasteiger partial charge in [0.15, 0.2) is 0 Å². The van der Waals surface area contributed by atoms with Crippen molar-refractivity contribution in [3.05, 3.63) is 230 Å². The van der Waals surface area contributed by atoms with Crippen molar-refractivity contribution in [2.24, 2.45) is 0 Å². The third kappa shape index (κ3) is 5.71. The molecule has 0 amide bonds. The summed E-state index contributed by atoms with van der Waals surface area (Å²) in [5.41, 5.74) is 14.5. The molecule has 0 aliphatic heterocycles. The summed E-state index contributed by atoms with van der Waals surface area (Å²) in [7, 11) is 0. The van der Waals surface area contributed by atoms with Crippen LogP contribution in [0.1, 0.15) is 6.85 Å². The van der Waals surface area contributed by atoms with E-state index in [1.807, 2.05) is 18.2 Å². The fourth-order valence-electron chi connectivity index (χ4n) is 9.78. The standard InChI is InChI=1S/C60H38N2S/c1-4-15-39(16-5-1)42-27-32-55(50(35-42)41-19-8-3-9-20-41)62-54-25-13-11-22-48(54)52-37-44(29-34-57(52)62)43-28-33-56-51(36-43)47-21-10-12-24-53(47)61(56)45-30-31-49-59(38-45)63-58-26-14-23-46(60(49)58)40-17-6-2-7-18-40/h1-38H/i2D,6D,7D,17D,18D. The van der Waals surface area contributed by atoms with Crippen LogP contribution in [0.4, 0.5) is 0 Å². The molecule has 0 fully saturated rings. The normalized spacial score (nSPS) is 12.9. The van der Waals surface area contributed by atoms with Gasteiger partial charge in [0, 0.05) is 53.0 Å². The Hall–Kier alpha value is -7.98. The van der Waals surface area contributed by atoms with Crippen molar-refractivity contribution in [2.75, 3.05) is 0 Å². The molecule has 0 aliphatic rings. The van der Waals surface area contributed by atoms with Gasteiger partial charge in [-0.15, -0.1) is 11.3 Å². The van der Waals surface area contributed by atoms with E-state index in [0.29, 0.717) is 5.56 Å². The Labute approximate surface area is 375 Å². The largest absolute Gasteiger partial charge is 0.309 e. The zero-order valence-corrected chi connectivity index (χ0v) is 34.7. The van der Waals surface area contributed by atoms with Gasteiger partial charge in [-0.1, -0.05) is 164 Å². The minimum absolute atomic E-state index is 0.196. The van der Waals surface area contributed by atoms with Gasteiger partial charge in [0.1, 0.15) is 0 Å². The molecule has 294 valence electrons. The molecule has 0 radical (unpaired) electrons. The van der Waals surface area contributed by atoms with Crippen molar-refractivity contribution in [2.45, 2.75) is 0 Å². The monoisotopic (exact) mass is 823 g/mol. The molecule has 0 saturated carbocycles. The average molecular weight is 824 g/mol. The summed E-state index contributed by atoms with van der Waals surface area (Å²) >= 11 is 1.65. The van der Waals surface area contributed by atoms with Crippen molar-refractivity contribution < 1.29 is 6.85 Å². The summed E-state index contributed by atoms with van der Waals surface area (Å²) in [5, 5.41) is 6.59. The number of benzene rings is 10. The SMILES string of the molecule is [2H]c1c([2H])c([2H])c(-c2cccc3sc4cc(-n5c6ccccc6c6cc(-c7ccc8c(c7)c7ccccc7n8-c7ccc(-c8ccccc8)cc7-c7ccccc7)ccc65)ccc4c23)c([2H])c1[2H]. The molecule has 3 heteroatoms. The zero-order chi connectivity index (χ0) is 45.8. The molecule has 0 atom stereocenters. The summed E-state index contributed by atoms with van der Waals surface area (Å²) in [6.45, 7) is 0. The summed E-state index contributed by atoms with van der Waals surface area (Å²) in [6.07, 6.45) is 0. The molecule has 2 nitrogen and oxygen atoms in total.